The highest BCUT2D eigenvalue weighted by molar-refractivity contribution is 6.32. The molecule has 0 spiro atoms. The monoisotopic (exact) mass is 307 g/mol. The fourth-order valence-electron chi connectivity index (χ4n) is 1.75. The number of carbonyl (C=O) groups excluding carboxylic acids is 1. The zero-order valence-electron chi connectivity index (χ0n) is 12.7. The minimum atomic E-state index is -0.377. The van der Waals surface area contributed by atoms with Gasteiger partial charge in [0, 0.05) is 16.8 Å². The van der Waals surface area contributed by atoms with Crippen LogP contribution in [0, 0.1) is 0 Å². The number of hydrogen-bond donors (Lipinski definition) is 1. The second-order valence-electron chi connectivity index (χ2n) is 5.22. The number of allylic oxidation sites excluding steroid dienone is 2. The summed E-state index contributed by atoms with van der Waals surface area (Å²) in [7, 11) is 0. The van der Waals surface area contributed by atoms with E-state index in [-0.39, 0.29) is 12.1 Å². The van der Waals surface area contributed by atoms with Crippen molar-refractivity contribution in [3.63, 3.8) is 0 Å². The highest BCUT2D eigenvalue weighted by Crippen LogP contribution is 2.20. The molecule has 0 aliphatic carbocycles. The molecule has 0 radical (unpaired) electrons. The zero-order chi connectivity index (χ0) is 15.8. The first-order valence-corrected chi connectivity index (χ1v) is 7.33. The van der Waals surface area contributed by atoms with Crippen LogP contribution in [0.2, 0.25) is 5.02 Å². The predicted octanol–water partition coefficient (Wildman–Crippen LogP) is 4.61. The van der Waals surface area contributed by atoms with Crippen molar-refractivity contribution in [2.75, 3.05) is 5.73 Å². The average molecular weight is 308 g/mol. The molecule has 1 aromatic rings. The van der Waals surface area contributed by atoms with Gasteiger partial charge in [-0.1, -0.05) is 23.3 Å². The van der Waals surface area contributed by atoms with Crippen LogP contribution in [0.25, 0.3) is 6.08 Å². The first-order chi connectivity index (χ1) is 9.88. The maximum absolute atomic E-state index is 11.7. The normalized spacial score (nSPS) is 12.2. The molecule has 1 rings (SSSR count). The van der Waals surface area contributed by atoms with Crippen LogP contribution in [0.5, 0.6) is 0 Å². The van der Waals surface area contributed by atoms with Crippen LogP contribution in [0.3, 0.4) is 0 Å². The number of anilines is 1. The molecule has 1 unspecified atom stereocenters. The van der Waals surface area contributed by atoms with Gasteiger partial charge in [0.15, 0.2) is 0 Å². The molecule has 0 fully saturated rings. The fourth-order valence-corrected chi connectivity index (χ4v) is 1.93. The molecule has 0 heterocycles. The first-order valence-electron chi connectivity index (χ1n) is 6.95. The standard InChI is InChI=1S/C17H22ClNO2/c1-12(2)5-4-6-13(3)21-17(20)10-7-14-11-15(19)8-9-16(14)18/h5,7-11,13H,4,6,19H2,1-3H3/b10-7+. The molecule has 0 saturated heterocycles. The number of nitrogens with two attached hydrogens (primary N) is 1. The quantitative estimate of drug-likeness (QED) is 0.361. The van der Waals surface area contributed by atoms with E-state index >= 15 is 0 Å². The van der Waals surface area contributed by atoms with E-state index in [1.54, 1.807) is 24.3 Å². The van der Waals surface area contributed by atoms with Crippen LogP contribution < -0.4 is 5.73 Å². The third-order valence-corrected chi connectivity index (χ3v) is 3.21. The van der Waals surface area contributed by atoms with E-state index in [9.17, 15) is 4.79 Å². The predicted molar refractivity (Wildman–Crippen MR) is 89.1 cm³/mol. The van der Waals surface area contributed by atoms with Gasteiger partial charge in [0.05, 0.1) is 6.10 Å². The van der Waals surface area contributed by atoms with Crippen molar-refractivity contribution in [3.05, 3.63) is 46.5 Å². The number of rotatable bonds is 6. The zero-order valence-corrected chi connectivity index (χ0v) is 13.5. The molecule has 3 nitrogen and oxygen atoms in total. The summed E-state index contributed by atoms with van der Waals surface area (Å²) in [5.41, 5.74) is 8.25. The molecule has 1 atom stereocenters. The van der Waals surface area contributed by atoms with Crippen LogP contribution in [-0.2, 0) is 9.53 Å². The lowest BCUT2D eigenvalue weighted by Gasteiger charge is -2.10. The Bertz CT molecular complexity index is 546. The van der Waals surface area contributed by atoms with Gasteiger partial charge in [-0.05, 0) is 63.5 Å². The molecule has 1 aromatic carbocycles. The number of carbonyl (C=O) groups is 1. The number of halogens is 1. The Hall–Kier alpha value is -1.74. The highest BCUT2D eigenvalue weighted by atomic mass is 35.5. The number of ether oxygens (including phenoxy) is 1. The summed E-state index contributed by atoms with van der Waals surface area (Å²) in [5, 5.41) is 0.546. The van der Waals surface area contributed by atoms with E-state index in [1.807, 2.05) is 6.92 Å². The number of esters is 1. The Labute approximate surface area is 131 Å². The minimum absolute atomic E-state index is 0.117. The van der Waals surface area contributed by atoms with Gasteiger partial charge < -0.3 is 10.5 Å². The lowest BCUT2D eigenvalue weighted by molar-refractivity contribution is -0.142. The Kier molecular flexibility index (Phi) is 7.03. The lowest BCUT2D eigenvalue weighted by Crippen LogP contribution is -2.12. The molecule has 0 aliphatic heterocycles. The molecule has 2 N–H and O–H groups in total. The van der Waals surface area contributed by atoms with Crippen molar-refractivity contribution in [1.29, 1.82) is 0 Å². The average Bonchev–Trinajstić information content (AvgIpc) is 2.39. The summed E-state index contributed by atoms with van der Waals surface area (Å²) >= 11 is 6.02. The van der Waals surface area contributed by atoms with Gasteiger partial charge in [0.2, 0.25) is 0 Å². The highest BCUT2D eigenvalue weighted by Gasteiger charge is 2.06. The third kappa shape index (κ3) is 7.00. The van der Waals surface area contributed by atoms with Crippen molar-refractivity contribution >= 4 is 29.3 Å². The van der Waals surface area contributed by atoms with Gasteiger partial charge in [-0.25, -0.2) is 4.79 Å². The largest absolute Gasteiger partial charge is 0.460 e. The lowest BCUT2D eigenvalue weighted by atomic mass is 10.1. The van der Waals surface area contributed by atoms with E-state index < -0.39 is 0 Å². The molecule has 114 valence electrons. The molecule has 0 saturated carbocycles. The van der Waals surface area contributed by atoms with Gasteiger partial charge in [-0.15, -0.1) is 0 Å². The summed E-state index contributed by atoms with van der Waals surface area (Å²) in [5.74, 6) is -0.377. The molecular formula is C17H22ClNO2. The van der Waals surface area contributed by atoms with Crippen molar-refractivity contribution < 1.29 is 9.53 Å². The Morgan fingerprint density at radius 2 is 2.14 bits per heavy atom. The Balaban J connectivity index is 2.51. The summed E-state index contributed by atoms with van der Waals surface area (Å²) < 4.78 is 5.29. The van der Waals surface area contributed by atoms with Crippen molar-refractivity contribution in [2.24, 2.45) is 0 Å². The second kappa shape index (κ2) is 8.53. The topological polar surface area (TPSA) is 52.3 Å². The number of hydrogen-bond acceptors (Lipinski definition) is 3. The van der Waals surface area contributed by atoms with E-state index in [0.717, 1.165) is 12.8 Å². The Morgan fingerprint density at radius 3 is 2.81 bits per heavy atom. The van der Waals surface area contributed by atoms with Crippen LogP contribution in [0.1, 0.15) is 39.2 Å². The summed E-state index contributed by atoms with van der Waals surface area (Å²) in [6, 6.07) is 5.12. The molecule has 0 aromatic heterocycles. The second-order valence-corrected chi connectivity index (χ2v) is 5.63. The molecule has 21 heavy (non-hydrogen) atoms. The van der Waals surface area contributed by atoms with E-state index in [2.05, 4.69) is 19.9 Å². The van der Waals surface area contributed by atoms with Gasteiger partial charge >= 0.3 is 5.97 Å². The van der Waals surface area contributed by atoms with E-state index in [0.29, 0.717) is 16.3 Å². The fraction of sp³-hybridized carbons (Fsp3) is 0.353. The van der Waals surface area contributed by atoms with Crippen LogP contribution in [0.4, 0.5) is 5.69 Å². The molecular weight excluding hydrogens is 286 g/mol. The SMILES string of the molecule is CC(C)=CCCC(C)OC(=O)/C=C/c1cc(N)ccc1Cl. The van der Waals surface area contributed by atoms with E-state index in [4.69, 9.17) is 22.1 Å². The Morgan fingerprint density at radius 1 is 1.43 bits per heavy atom. The van der Waals surface area contributed by atoms with Crippen molar-refractivity contribution in [3.8, 4) is 0 Å². The van der Waals surface area contributed by atoms with Crippen LogP contribution in [-0.4, -0.2) is 12.1 Å². The smallest absolute Gasteiger partial charge is 0.331 e. The molecule has 4 heteroatoms. The number of nitrogen functional groups attached to an aromatic ring is 1. The van der Waals surface area contributed by atoms with Crippen LogP contribution in [0.15, 0.2) is 35.9 Å². The van der Waals surface area contributed by atoms with Crippen molar-refractivity contribution in [2.45, 2.75) is 39.7 Å². The third-order valence-electron chi connectivity index (χ3n) is 2.86. The summed E-state index contributed by atoms with van der Waals surface area (Å²) in [6.07, 6.45) is 6.72. The maximum atomic E-state index is 11.7. The van der Waals surface area contributed by atoms with Gasteiger partial charge in [-0.3, -0.25) is 0 Å². The van der Waals surface area contributed by atoms with Gasteiger partial charge in [0.25, 0.3) is 0 Å². The first kappa shape index (κ1) is 17.3. The maximum Gasteiger partial charge on any atom is 0.331 e. The minimum Gasteiger partial charge on any atom is -0.460 e. The molecule has 0 amide bonds. The molecule has 0 aliphatic rings. The van der Waals surface area contributed by atoms with Gasteiger partial charge in [0.1, 0.15) is 0 Å². The van der Waals surface area contributed by atoms with E-state index in [1.165, 1.54) is 11.6 Å². The summed E-state index contributed by atoms with van der Waals surface area (Å²) in [6.45, 7) is 5.99. The number of benzene rings is 1. The van der Waals surface area contributed by atoms with Crippen molar-refractivity contribution in [1.82, 2.24) is 0 Å². The van der Waals surface area contributed by atoms with Gasteiger partial charge in [-0.2, -0.15) is 0 Å². The summed E-state index contributed by atoms with van der Waals surface area (Å²) in [4.78, 5) is 11.7. The molecule has 0 bridgehead atoms. The van der Waals surface area contributed by atoms with Crippen LogP contribution >= 0.6 is 11.6 Å².